The Morgan fingerprint density at radius 3 is 2.33 bits per heavy atom. The standard InChI is InChI=1S/C20H16O4/c1-13(18(21)15-8-3-2-4-9-15)24-20(23)17-12-11-14-7-5-6-10-16(14)19(17)22/h2-13,22H,1H3/t13-/m1/s1. The minimum Gasteiger partial charge on any atom is -0.506 e. The van der Waals surface area contributed by atoms with Crippen LogP contribution in [-0.4, -0.2) is 23.0 Å². The Morgan fingerprint density at radius 2 is 1.58 bits per heavy atom. The van der Waals surface area contributed by atoms with Crippen LogP contribution in [-0.2, 0) is 4.74 Å². The highest BCUT2D eigenvalue weighted by Gasteiger charge is 2.22. The summed E-state index contributed by atoms with van der Waals surface area (Å²) < 4.78 is 5.23. The summed E-state index contributed by atoms with van der Waals surface area (Å²) in [4.78, 5) is 24.6. The Hall–Kier alpha value is -3.14. The Labute approximate surface area is 139 Å². The molecule has 4 heteroatoms. The average molecular weight is 320 g/mol. The van der Waals surface area contributed by atoms with Crippen molar-refractivity contribution in [2.24, 2.45) is 0 Å². The quantitative estimate of drug-likeness (QED) is 0.583. The normalized spacial score (nSPS) is 11.9. The van der Waals surface area contributed by atoms with Crippen LogP contribution < -0.4 is 0 Å². The molecule has 0 unspecified atom stereocenters. The third-order valence-corrected chi connectivity index (χ3v) is 3.83. The van der Waals surface area contributed by atoms with Gasteiger partial charge in [0.15, 0.2) is 6.10 Å². The predicted molar refractivity (Wildman–Crippen MR) is 91.3 cm³/mol. The van der Waals surface area contributed by atoms with Crippen molar-refractivity contribution < 1.29 is 19.4 Å². The molecule has 24 heavy (non-hydrogen) atoms. The number of esters is 1. The molecule has 0 saturated carbocycles. The number of ketones is 1. The predicted octanol–water partition coefficient (Wildman–Crippen LogP) is 3.97. The number of aromatic hydroxyl groups is 1. The molecule has 4 nitrogen and oxygen atoms in total. The molecule has 0 amide bonds. The van der Waals surface area contributed by atoms with Gasteiger partial charge in [-0.1, -0.05) is 60.7 Å². The smallest absolute Gasteiger partial charge is 0.342 e. The van der Waals surface area contributed by atoms with Gasteiger partial charge >= 0.3 is 5.97 Å². The van der Waals surface area contributed by atoms with E-state index in [1.165, 1.54) is 13.0 Å². The minimum absolute atomic E-state index is 0.0430. The van der Waals surface area contributed by atoms with Crippen LogP contribution in [0.15, 0.2) is 66.7 Å². The molecular weight excluding hydrogens is 304 g/mol. The summed E-state index contributed by atoms with van der Waals surface area (Å²) in [5.41, 5.74) is 0.516. The molecule has 0 radical (unpaired) electrons. The zero-order valence-corrected chi connectivity index (χ0v) is 13.1. The van der Waals surface area contributed by atoms with E-state index < -0.39 is 12.1 Å². The third kappa shape index (κ3) is 2.99. The van der Waals surface area contributed by atoms with Crippen LogP contribution >= 0.6 is 0 Å². The molecule has 3 aromatic rings. The van der Waals surface area contributed by atoms with E-state index in [2.05, 4.69) is 0 Å². The van der Waals surface area contributed by atoms with E-state index in [0.717, 1.165) is 5.39 Å². The number of hydrogen-bond donors (Lipinski definition) is 1. The largest absolute Gasteiger partial charge is 0.506 e. The van der Waals surface area contributed by atoms with E-state index in [9.17, 15) is 14.7 Å². The second kappa shape index (κ2) is 6.54. The van der Waals surface area contributed by atoms with Crippen molar-refractivity contribution in [2.45, 2.75) is 13.0 Å². The van der Waals surface area contributed by atoms with Crippen molar-refractivity contribution in [1.82, 2.24) is 0 Å². The summed E-state index contributed by atoms with van der Waals surface area (Å²) in [6, 6.07) is 19.1. The number of fused-ring (bicyclic) bond motifs is 1. The summed E-state index contributed by atoms with van der Waals surface area (Å²) in [7, 11) is 0. The maximum Gasteiger partial charge on any atom is 0.342 e. The molecule has 1 atom stereocenters. The second-order valence-electron chi connectivity index (χ2n) is 5.46. The van der Waals surface area contributed by atoms with Gasteiger partial charge in [-0.05, 0) is 18.4 Å². The topological polar surface area (TPSA) is 63.6 Å². The lowest BCUT2D eigenvalue weighted by Gasteiger charge is -2.13. The molecule has 0 heterocycles. The number of rotatable bonds is 4. The summed E-state index contributed by atoms with van der Waals surface area (Å²) in [6.45, 7) is 1.52. The lowest BCUT2D eigenvalue weighted by molar-refractivity contribution is 0.0316. The summed E-state index contributed by atoms with van der Waals surface area (Å²) >= 11 is 0. The van der Waals surface area contributed by atoms with Gasteiger partial charge in [0.2, 0.25) is 5.78 Å². The van der Waals surface area contributed by atoms with Gasteiger partial charge in [-0.15, -0.1) is 0 Å². The fourth-order valence-corrected chi connectivity index (χ4v) is 2.53. The van der Waals surface area contributed by atoms with Gasteiger partial charge in [0, 0.05) is 10.9 Å². The molecule has 0 aromatic heterocycles. The highest BCUT2D eigenvalue weighted by Crippen LogP contribution is 2.29. The van der Waals surface area contributed by atoms with Crippen molar-refractivity contribution in [1.29, 1.82) is 0 Å². The van der Waals surface area contributed by atoms with Crippen molar-refractivity contribution in [2.75, 3.05) is 0 Å². The number of ether oxygens (including phenoxy) is 1. The van der Waals surface area contributed by atoms with Crippen molar-refractivity contribution in [3.8, 4) is 5.75 Å². The van der Waals surface area contributed by atoms with Gasteiger partial charge in [-0.3, -0.25) is 4.79 Å². The first kappa shape index (κ1) is 15.7. The van der Waals surface area contributed by atoms with E-state index in [4.69, 9.17) is 4.74 Å². The molecule has 0 aliphatic carbocycles. The zero-order valence-electron chi connectivity index (χ0n) is 13.1. The molecule has 0 fully saturated rings. The number of carbonyl (C=O) groups excluding carboxylic acids is 2. The third-order valence-electron chi connectivity index (χ3n) is 3.83. The molecule has 0 aliphatic rings. The van der Waals surface area contributed by atoms with Crippen LogP contribution in [0.2, 0.25) is 0 Å². The van der Waals surface area contributed by atoms with Crippen molar-refractivity contribution >= 4 is 22.5 Å². The molecule has 120 valence electrons. The van der Waals surface area contributed by atoms with Crippen molar-refractivity contribution in [3.63, 3.8) is 0 Å². The molecule has 0 bridgehead atoms. The van der Waals surface area contributed by atoms with Gasteiger partial charge < -0.3 is 9.84 Å². The summed E-state index contributed by atoms with van der Waals surface area (Å²) in [6.07, 6.45) is -0.939. The Bertz CT molecular complexity index is 900. The van der Waals surface area contributed by atoms with Gasteiger partial charge in [-0.2, -0.15) is 0 Å². The Balaban J connectivity index is 1.82. The number of benzene rings is 3. The maximum atomic E-state index is 12.3. The highest BCUT2D eigenvalue weighted by atomic mass is 16.5. The Kier molecular flexibility index (Phi) is 4.29. The summed E-state index contributed by atoms with van der Waals surface area (Å²) in [5, 5.41) is 11.7. The maximum absolute atomic E-state index is 12.3. The fraction of sp³-hybridized carbons (Fsp3) is 0.100. The first-order valence-electron chi connectivity index (χ1n) is 7.59. The average Bonchev–Trinajstić information content (AvgIpc) is 2.62. The van der Waals surface area contributed by atoms with Crippen LogP contribution in [0.1, 0.15) is 27.6 Å². The molecular formula is C20H16O4. The molecule has 1 N–H and O–H groups in total. The van der Waals surface area contributed by atoms with Crippen molar-refractivity contribution in [3.05, 3.63) is 77.9 Å². The van der Waals surface area contributed by atoms with Crippen LogP contribution in [0, 0.1) is 0 Å². The lowest BCUT2D eigenvalue weighted by Crippen LogP contribution is -2.24. The van der Waals surface area contributed by atoms with E-state index >= 15 is 0 Å². The van der Waals surface area contributed by atoms with E-state index in [-0.39, 0.29) is 17.1 Å². The van der Waals surface area contributed by atoms with E-state index in [1.54, 1.807) is 48.5 Å². The summed E-state index contributed by atoms with van der Waals surface area (Å²) in [5.74, 6) is -1.16. The number of carbonyl (C=O) groups is 2. The number of Topliss-reactive ketones (excluding diaryl/α,β-unsaturated/α-hetero) is 1. The van der Waals surface area contributed by atoms with E-state index in [0.29, 0.717) is 10.9 Å². The molecule has 0 spiro atoms. The number of phenols is 1. The molecule has 3 rings (SSSR count). The monoisotopic (exact) mass is 320 g/mol. The number of phenolic OH excluding ortho intramolecular Hbond substituents is 1. The first-order valence-corrected chi connectivity index (χ1v) is 7.59. The lowest BCUT2D eigenvalue weighted by atomic mass is 10.0. The fourth-order valence-electron chi connectivity index (χ4n) is 2.53. The zero-order chi connectivity index (χ0) is 17.1. The van der Waals surface area contributed by atoms with E-state index in [1.807, 2.05) is 12.1 Å². The second-order valence-corrected chi connectivity index (χ2v) is 5.46. The van der Waals surface area contributed by atoms with Crippen LogP contribution in [0.4, 0.5) is 0 Å². The van der Waals surface area contributed by atoms with Crippen LogP contribution in [0.5, 0.6) is 5.75 Å². The van der Waals surface area contributed by atoms with Gasteiger partial charge in [0.1, 0.15) is 11.3 Å². The minimum atomic E-state index is -0.939. The first-order chi connectivity index (χ1) is 11.6. The molecule has 0 saturated heterocycles. The van der Waals surface area contributed by atoms with Crippen LogP contribution in [0.3, 0.4) is 0 Å². The number of hydrogen-bond acceptors (Lipinski definition) is 4. The Morgan fingerprint density at radius 1 is 0.917 bits per heavy atom. The molecule has 3 aromatic carbocycles. The van der Waals surface area contributed by atoms with Gasteiger partial charge in [-0.25, -0.2) is 4.79 Å². The SMILES string of the molecule is C[C@@H](OC(=O)c1ccc2ccccc2c1O)C(=O)c1ccccc1. The van der Waals surface area contributed by atoms with Gasteiger partial charge in [0.25, 0.3) is 0 Å². The van der Waals surface area contributed by atoms with Gasteiger partial charge in [0.05, 0.1) is 0 Å². The van der Waals surface area contributed by atoms with Crippen LogP contribution in [0.25, 0.3) is 10.8 Å². The highest BCUT2D eigenvalue weighted by molar-refractivity contribution is 6.04. The molecule has 0 aliphatic heterocycles.